The minimum absolute atomic E-state index is 0. The van der Waals surface area contributed by atoms with Gasteiger partial charge < -0.3 is 15.4 Å². The Morgan fingerprint density at radius 2 is 1.96 bits per heavy atom. The fourth-order valence-electron chi connectivity index (χ4n) is 2.20. The molecule has 0 radical (unpaired) electrons. The van der Waals surface area contributed by atoms with E-state index in [0.717, 1.165) is 13.1 Å². The van der Waals surface area contributed by atoms with E-state index in [1.165, 1.54) is 19.2 Å². The van der Waals surface area contributed by atoms with E-state index in [-0.39, 0.29) is 29.0 Å². The Hall–Kier alpha value is -1.31. The van der Waals surface area contributed by atoms with Crippen LogP contribution >= 0.6 is 12.4 Å². The Kier molecular flexibility index (Phi) is 7.31. The maximum atomic E-state index is 12.3. The number of ether oxygens (including phenoxy) is 1. The molecule has 1 saturated heterocycles. The van der Waals surface area contributed by atoms with Gasteiger partial charge in [0.25, 0.3) is 0 Å². The first-order chi connectivity index (χ1) is 10.4. The van der Waals surface area contributed by atoms with Gasteiger partial charge in [0, 0.05) is 31.5 Å². The molecule has 1 atom stereocenters. The van der Waals surface area contributed by atoms with Crippen LogP contribution in [0.25, 0.3) is 0 Å². The second kappa shape index (κ2) is 8.52. The number of sulfone groups is 1. The largest absolute Gasteiger partial charge is 0.497 e. The number of rotatable bonds is 7. The van der Waals surface area contributed by atoms with Gasteiger partial charge in [-0.3, -0.25) is 4.79 Å². The maximum Gasteiger partial charge on any atom is 0.223 e. The molecule has 8 heteroatoms. The summed E-state index contributed by atoms with van der Waals surface area (Å²) in [7, 11) is -1.97. The molecule has 23 heavy (non-hydrogen) atoms. The van der Waals surface area contributed by atoms with Gasteiger partial charge in [0.15, 0.2) is 9.84 Å². The standard InChI is InChI=1S/C15H22N2O4S.ClH/c1-11(15(18)17-9-12-7-16-8-12)10-22(19,20)14-5-3-13(21-2)4-6-14;/h3-6,11-12,16H,7-10H2,1-2H3,(H,17,18);1H. The van der Waals surface area contributed by atoms with Crippen molar-refractivity contribution in [3.8, 4) is 5.75 Å². The number of carbonyl (C=O) groups is 1. The van der Waals surface area contributed by atoms with Gasteiger partial charge in [-0.2, -0.15) is 0 Å². The summed E-state index contributed by atoms with van der Waals surface area (Å²) in [5, 5.41) is 5.94. The number of amides is 1. The summed E-state index contributed by atoms with van der Waals surface area (Å²) in [5.74, 6) is 0.0472. The molecule has 130 valence electrons. The van der Waals surface area contributed by atoms with Crippen LogP contribution in [0, 0.1) is 11.8 Å². The van der Waals surface area contributed by atoms with E-state index in [1.807, 2.05) is 0 Å². The molecule has 1 aromatic rings. The predicted molar refractivity (Wildman–Crippen MR) is 90.8 cm³/mol. The number of benzene rings is 1. The van der Waals surface area contributed by atoms with E-state index in [1.54, 1.807) is 19.1 Å². The third kappa shape index (κ3) is 5.37. The lowest BCUT2D eigenvalue weighted by Crippen LogP contribution is -2.49. The molecule has 1 fully saturated rings. The molecule has 1 aliphatic rings. The average molecular weight is 363 g/mol. The number of nitrogens with one attached hydrogen (secondary N) is 2. The Morgan fingerprint density at radius 1 is 1.35 bits per heavy atom. The van der Waals surface area contributed by atoms with Crippen LogP contribution in [0.1, 0.15) is 6.92 Å². The molecule has 1 aromatic carbocycles. The van der Waals surface area contributed by atoms with E-state index < -0.39 is 15.8 Å². The van der Waals surface area contributed by atoms with Gasteiger partial charge in [0.05, 0.1) is 17.8 Å². The van der Waals surface area contributed by atoms with Crippen molar-refractivity contribution in [3.05, 3.63) is 24.3 Å². The van der Waals surface area contributed by atoms with Crippen molar-refractivity contribution in [2.75, 3.05) is 32.5 Å². The van der Waals surface area contributed by atoms with Crippen LogP contribution in [0.4, 0.5) is 0 Å². The topological polar surface area (TPSA) is 84.5 Å². The quantitative estimate of drug-likeness (QED) is 0.751. The monoisotopic (exact) mass is 362 g/mol. The van der Waals surface area contributed by atoms with E-state index in [4.69, 9.17) is 4.74 Å². The smallest absolute Gasteiger partial charge is 0.223 e. The van der Waals surface area contributed by atoms with Crippen LogP contribution in [0.3, 0.4) is 0 Å². The normalized spacial score (nSPS) is 15.9. The lowest BCUT2D eigenvalue weighted by atomic mass is 10.0. The second-order valence-corrected chi connectivity index (χ2v) is 7.66. The third-order valence-corrected chi connectivity index (χ3v) is 5.70. The minimum Gasteiger partial charge on any atom is -0.497 e. The molecule has 1 amide bonds. The molecule has 2 N–H and O–H groups in total. The predicted octanol–water partition coefficient (Wildman–Crippen LogP) is 0.862. The summed E-state index contributed by atoms with van der Waals surface area (Å²) in [6.45, 7) is 4.03. The SMILES string of the molecule is COc1ccc(S(=O)(=O)CC(C)C(=O)NCC2CNC2)cc1.Cl. The number of methoxy groups -OCH3 is 1. The molecule has 0 bridgehead atoms. The molecular weight excluding hydrogens is 340 g/mol. The zero-order chi connectivity index (χ0) is 16.2. The van der Waals surface area contributed by atoms with Crippen molar-refractivity contribution in [1.29, 1.82) is 0 Å². The fourth-order valence-corrected chi connectivity index (χ4v) is 3.75. The second-order valence-electron chi connectivity index (χ2n) is 5.63. The van der Waals surface area contributed by atoms with Crippen LogP contribution in [0.2, 0.25) is 0 Å². The molecule has 0 aliphatic carbocycles. The highest BCUT2D eigenvalue weighted by atomic mass is 35.5. The molecule has 1 unspecified atom stereocenters. The van der Waals surface area contributed by atoms with Gasteiger partial charge in [0.2, 0.25) is 5.91 Å². The van der Waals surface area contributed by atoms with Gasteiger partial charge in [-0.25, -0.2) is 8.42 Å². The van der Waals surface area contributed by atoms with E-state index >= 15 is 0 Å². The Labute approximate surface area is 143 Å². The van der Waals surface area contributed by atoms with Gasteiger partial charge in [0.1, 0.15) is 5.75 Å². The zero-order valence-electron chi connectivity index (χ0n) is 13.2. The minimum atomic E-state index is -3.49. The van der Waals surface area contributed by atoms with Gasteiger partial charge in [-0.05, 0) is 24.3 Å². The van der Waals surface area contributed by atoms with Crippen molar-refractivity contribution in [2.24, 2.45) is 11.8 Å². The first-order valence-electron chi connectivity index (χ1n) is 7.27. The average Bonchev–Trinajstić information content (AvgIpc) is 2.45. The summed E-state index contributed by atoms with van der Waals surface area (Å²) in [5.41, 5.74) is 0. The van der Waals surface area contributed by atoms with Gasteiger partial charge in [-0.15, -0.1) is 12.4 Å². The molecule has 1 aliphatic heterocycles. The lowest BCUT2D eigenvalue weighted by molar-refractivity contribution is -0.124. The summed E-state index contributed by atoms with van der Waals surface area (Å²) in [6, 6.07) is 6.19. The van der Waals surface area contributed by atoms with Crippen molar-refractivity contribution in [3.63, 3.8) is 0 Å². The number of carbonyl (C=O) groups excluding carboxylic acids is 1. The van der Waals surface area contributed by atoms with E-state index in [2.05, 4.69) is 10.6 Å². The van der Waals surface area contributed by atoms with Crippen LogP contribution < -0.4 is 15.4 Å². The highest BCUT2D eigenvalue weighted by molar-refractivity contribution is 7.91. The van der Waals surface area contributed by atoms with Crippen LogP contribution in [0.15, 0.2) is 29.2 Å². The van der Waals surface area contributed by atoms with Crippen molar-refractivity contribution in [1.82, 2.24) is 10.6 Å². The van der Waals surface area contributed by atoms with Crippen molar-refractivity contribution < 1.29 is 17.9 Å². The van der Waals surface area contributed by atoms with Crippen molar-refractivity contribution in [2.45, 2.75) is 11.8 Å². The summed E-state index contributed by atoms with van der Waals surface area (Å²) in [4.78, 5) is 12.2. The third-order valence-electron chi connectivity index (χ3n) is 3.77. The number of hydrogen-bond acceptors (Lipinski definition) is 5. The number of halogens is 1. The Bertz CT molecular complexity index is 615. The highest BCUT2D eigenvalue weighted by Gasteiger charge is 2.24. The van der Waals surface area contributed by atoms with Crippen LogP contribution in [0.5, 0.6) is 5.75 Å². The molecule has 0 saturated carbocycles. The van der Waals surface area contributed by atoms with Crippen molar-refractivity contribution >= 4 is 28.2 Å². The molecule has 2 rings (SSSR count). The number of hydrogen-bond donors (Lipinski definition) is 2. The molecule has 6 nitrogen and oxygen atoms in total. The lowest BCUT2D eigenvalue weighted by Gasteiger charge is -2.27. The molecule has 1 heterocycles. The summed E-state index contributed by atoms with van der Waals surface area (Å²) >= 11 is 0. The van der Waals surface area contributed by atoms with Crippen LogP contribution in [-0.4, -0.2) is 46.8 Å². The first kappa shape index (κ1) is 19.7. The van der Waals surface area contributed by atoms with E-state index in [0.29, 0.717) is 18.2 Å². The zero-order valence-corrected chi connectivity index (χ0v) is 14.9. The summed E-state index contributed by atoms with van der Waals surface area (Å²) in [6.07, 6.45) is 0. The fraction of sp³-hybridized carbons (Fsp3) is 0.533. The highest BCUT2D eigenvalue weighted by Crippen LogP contribution is 2.18. The first-order valence-corrected chi connectivity index (χ1v) is 8.93. The van der Waals surface area contributed by atoms with Crippen LogP contribution in [-0.2, 0) is 14.6 Å². The Morgan fingerprint density at radius 3 is 2.43 bits per heavy atom. The Balaban J connectivity index is 0.00000264. The molecule has 0 aromatic heterocycles. The summed E-state index contributed by atoms with van der Waals surface area (Å²) < 4.78 is 29.7. The molecular formula is C15H23ClN2O4S. The van der Waals surface area contributed by atoms with Gasteiger partial charge >= 0.3 is 0 Å². The van der Waals surface area contributed by atoms with E-state index in [9.17, 15) is 13.2 Å². The van der Waals surface area contributed by atoms with Gasteiger partial charge in [-0.1, -0.05) is 6.92 Å². The molecule has 0 spiro atoms. The maximum absolute atomic E-state index is 12.3.